The average Bonchev–Trinajstić information content (AvgIpc) is 3.02. The van der Waals surface area contributed by atoms with Crippen molar-refractivity contribution in [2.75, 3.05) is 18.9 Å². The highest BCUT2D eigenvalue weighted by Crippen LogP contribution is 2.27. The van der Waals surface area contributed by atoms with Crippen LogP contribution in [0.15, 0.2) is 54.6 Å². The van der Waals surface area contributed by atoms with E-state index < -0.39 is 0 Å². The molecule has 0 spiro atoms. The number of thiophene rings is 1. The molecule has 3 N–H and O–H groups in total. The third-order valence-corrected chi connectivity index (χ3v) is 4.74. The first-order valence-corrected chi connectivity index (χ1v) is 8.73. The maximum atomic E-state index is 12.2. The highest BCUT2D eigenvalue weighted by Gasteiger charge is 2.09. The summed E-state index contributed by atoms with van der Waals surface area (Å²) in [6.07, 6.45) is 0.788. The summed E-state index contributed by atoms with van der Waals surface area (Å²) in [5.41, 5.74) is 7.64. The van der Waals surface area contributed by atoms with E-state index in [2.05, 4.69) is 5.32 Å². The molecule has 1 aromatic heterocycles. The van der Waals surface area contributed by atoms with Crippen LogP contribution in [0.4, 0.5) is 5.69 Å². The molecule has 0 bridgehead atoms. The van der Waals surface area contributed by atoms with E-state index >= 15 is 0 Å². The molecule has 5 heteroatoms. The van der Waals surface area contributed by atoms with Gasteiger partial charge in [0.05, 0.1) is 11.5 Å². The van der Waals surface area contributed by atoms with Crippen LogP contribution >= 0.6 is 11.3 Å². The highest BCUT2D eigenvalue weighted by atomic mass is 32.1. The van der Waals surface area contributed by atoms with E-state index in [9.17, 15) is 4.79 Å². The number of nitrogen functional groups attached to an aromatic ring is 1. The monoisotopic (exact) mass is 340 g/mol. The average molecular weight is 340 g/mol. The van der Waals surface area contributed by atoms with Crippen molar-refractivity contribution in [2.24, 2.45) is 0 Å². The van der Waals surface area contributed by atoms with Crippen molar-refractivity contribution in [1.82, 2.24) is 5.32 Å². The van der Waals surface area contributed by atoms with Crippen LogP contribution in [0.1, 0.15) is 21.7 Å². The molecule has 3 aromatic rings. The van der Waals surface area contributed by atoms with Crippen LogP contribution in [0.2, 0.25) is 0 Å². The van der Waals surface area contributed by atoms with Gasteiger partial charge in [-0.05, 0) is 41.6 Å². The van der Waals surface area contributed by atoms with Crippen molar-refractivity contribution in [3.63, 3.8) is 0 Å². The first kappa shape index (κ1) is 16.5. The van der Waals surface area contributed by atoms with Gasteiger partial charge >= 0.3 is 0 Å². The summed E-state index contributed by atoms with van der Waals surface area (Å²) >= 11 is 1.48. The van der Waals surface area contributed by atoms with Gasteiger partial charge in [0.2, 0.25) is 0 Å². The van der Waals surface area contributed by atoms with Crippen molar-refractivity contribution in [3.05, 3.63) is 65.0 Å². The molecule has 2 aromatic carbocycles. The Balaban J connectivity index is 1.40. The van der Waals surface area contributed by atoms with E-state index in [-0.39, 0.29) is 5.91 Å². The molecular weight excluding hydrogens is 320 g/mol. The van der Waals surface area contributed by atoms with Gasteiger partial charge in [-0.1, -0.05) is 30.3 Å². The van der Waals surface area contributed by atoms with E-state index in [0.29, 0.717) is 30.3 Å². The summed E-state index contributed by atoms with van der Waals surface area (Å²) in [6, 6.07) is 17.6. The Bertz CT molecular complexity index is 815. The smallest absolute Gasteiger partial charge is 0.261 e. The molecule has 0 radical (unpaired) electrons. The molecule has 0 saturated heterocycles. The van der Waals surface area contributed by atoms with Gasteiger partial charge in [0.1, 0.15) is 0 Å². The number of rotatable bonds is 7. The van der Waals surface area contributed by atoms with Gasteiger partial charge in [0, 0.05) is 23.5 Å². The molecule has 1 heterocycles. The van der Waals surface area contributed by atoms with Gasteiger partial charge in [-0.15, -0.1) is 11.3 Å². The zero-order chi connectivity index (χ0) is 16.8. The molecule has 3 rings (SSSR count). The second-order valence-corrected chi connectivity index (χ2v) is 6.64. The molecule has 0 aliphatic rings. The minimum absolute atomic E-state index is 0.0437. The number of anilines is 1. The number of nitrogens with one attached hydrogen (secondary N) is 1. The predicted octanol–water partition coefficient (Wildman–Crippen LogP) is 3.82. The lowest BCUT2D eigenvalue weighted by Crippen LogP contribution is -2.24. The first-order valence-electron chi connectivity index (χ1n) is 7.91. The molecule has 124 valence electrons. The molecule has 0 aliphatic heterocycles. The van der Waals surface area contributed by atoms with E-state index in [0.717, 1.165) is 22.1 Å². The largest absolute Gasteiger partial charge is 0.399 e. The van der Waals surface area contributed by atoms with Crippen molar-refractivity contribution in [1.29, 1.82) is 0 Å². The molecule has 0 saturated carbocycles. The minimum atomic E-state index is -0.0437. The van der Waals surface area contributed by atoms with Gasteiger partial charge in [0.15, 0.2) is 0 Å². The molecule has 24 heavy (non-hydrogen) atoms. The topological polar surface area (TPSA) is 64.4 Å². The SMILES string of the molecule is Nc1ccc2sc(C(=O)NCCCOCc3ccccc3)cc2c1. The van der Waals surface area contributed by atoms with Gasteiger partial charge in [-0.3, -0.25) is 4.79 Å². The quantitative estimate of drug-likeness (QED) is 0.508. The van der Waals surface area contributed by atoms with Crippen molar-refractivity contribution in [3.8, 4) is 0 Å². The summed E-state index contributed by atoms with van der Waals surface area (Å²) in [5, 5.41) is 3.94. The number of nitrogens with two attached hydrogens (primary N) is 1. The number of amides is 1. The Morgan fingerprint density at radius 2 is 1.96 bits per heavy atom. The van der Waals surface area contributed by atoms with Crippen molar-refractivity contribution in [2.45, 2.75) is 13.0 Å². The number of fused-ring (bicyclic) bond motifs is 1. The zero-order valence-corrected chi connectivity index (χ0v) is 14.1. The van der Waals surface area contributed by atoms with E-state index in [4.69, 9.17) is 10.5 Å². The van der Waals surface area contributed by atoms with Crippen LogP contribution < -0.4 is 11.1 Å². The Labute approximate surface area is 145 Å². The molecule has 0 atom stereocenters. The van der Waals surface area contributed by atoms with Crippen molar-refractivity contribution >= 4 is 33.0 Å². The number of ether oxygens (including phenoxy) is 1. The van der Waals surface area contributed by atoms with Gasteiger partial charge in [-0.25, -0.2) is 0 Å². The summed E-state index contributed by atoms with van der Waals surface area (Å²) in [4.78, 5) is 12.9. The maximum absolute atomic E-state index is 12.2. The third kappa shape index (κ3) is 4.34. The van der Waals surface area contributed by atoms with Gasteiger partial charge < -0.3 is 15.8 Å². The maximum Gasteiger partial charge on any atom is 0.261 e. The van der Waals surface area contributed by atoms with Gasteiger partial charge in [0.25, 0.3) is 5.91 Å². The zero-order valence-electron chi connectivity index (χ0n) is 13.3. The number of hydrogen-bond donors (Lipinski definition) is 2. The number of carbonyl (C=O) groups excluding carboxylic acids is 1. The lowest BCUT2D eigenvalue weighted by atomic mass is 10.2. The fraction of sp³-hybridized carbons (Fsp3) is 0.211. The lowest BCUT2D eigenvalue weighted by molar-refractivity contribution is 0.0938. The Kier molecular flexibility index (Phi) is 5.46. The fourth-order valence-corrected chi connectivity index (χ4v) is 3.36. The Morgan fingerprint density at radius 3 is 2.79 bits per heavy atom. The second-order valence-electron chi connectivity index (χ2n) is 5.56. The summed E-state index contributed by atoms with van der Waals surface area (Å²) in [7, 11) is 0. The van der Waals surface area contributed by atoms with Crippen molar-refractivity contribution < 1.29 is 9.53 Å². The summed E-state index contributed by atoms with van der Waals surface area (Å²) in [6.45, 7) is 1.83. The first-order chi connectivity index (χ1) is 11.7. The van der Waals surface area contributed by atoms with E-state index in [1.807, 2.05) is 54.6 Å². The lowest BCUT2D eigenvalue weighted by Gasteiger charge is -2.05. The summed E-state index contributed by atoms with van der Waals surface area (Å²) in [5.74, 6) is -0.0437. The molecule has 0 unspecified atom stereocenters. The number of carbonyl (C=O) groups is 1. The number of benzene rings is 2. The second kappa shape index (κ2) is 7.95. The van der Waals surface area contributed by atoms with Crippen LogP contribution in [0, 0.1) is 0 Å². The van der Waals surface area contributed by atoms with Gasteiger partial charge in [-0.2, -0.15) is 0 Å². The predicted molar refractivity (Wildman–Crippen MR) is 99.3 cm³/mol. The molecule has 4 nitrogen and oxygen atoms in total. The highest BCUT2D eigenvalue weighted by molar-refractivity contribution is 7.20. The standard InChI is InChI=1S/C19H20N2O2S/c20-16-7-8-17-15(11-16)12-18(24-17)19(22)21-9-4-10-23-13-14-5-2-1-3-6-14/h1-3,5-8,11-12H,4,9-10,13,20H2,(H,21,22). The van der Waals surface area contributed by atoms with E-state index in [1.165, 1.54) is 11.3 Å². The molecule has 1 amide bonds. The molecule has 0 aliphatic carbocycles. The van der Waals surface area contributed by atoms with Crippen LogP contribution in [-0.2, 0) is 11.3 Å². The van der Waals surface area contributed by atoms with Crippen LogP contribution in [0.5, 0.6) is 0 Å². The molecule has 0 fully saturated rings. The fourth-order valence-electron chi connectivity index (χ4n) is 2.40. The Hall–Kier alpha value is -2.37. The normalized spacial score (nSPS) is 10.8. The molecular formula is C19H20N2O2S. The number of hydrogen-bond acceptors (Lipinski definition) is 4. The third-order valence-electron chi connectivity index (χ3n) is 3.63. The summed E-state index contributed by atoms with van der Waals surface area (Å²) < 4.78 is 6.68. The van der Waals surface area contributed by atoms with Crippen LogP contribution in [0.25, 0.3) is 10.1 Å². The van der Waals surface area contributed by atoms with Crippen LogP contribution in [0.3, 0.4) is 0 Å². The van der Waals surface area contributed by atoms with E-state index in [1.54, 1.807) is 0 Å². The van der Waals surface area contributed by atoms with Crippen LogP contribution in [-0.4, -0.2) is 19.1 Å². The Morgan fingerprint density at radius 1 is 1.12 bits per heavy atom. The minimum Gasteiger partial charge on any atom is -0.399 e.